The van der Waals surface area contributed by atoms with E-state index in [-0.39, 0.29) is 35.3 Å². The second-order valence-corrected chi connectivity index (χ2v) is 6.41. The molecule has 0 spiro atoms. The molecular weight excluding hydrogens is 328 g/mol. The van der Waals surface area contributed by atoms with Crippen molar-refractivity contribution in [1.82, 2.24) is 4.72 Å². The number of benzene rings is 1. The van der Waals surface area contributed by atoms with Crippen LogP contribution in [0.25, 0.3) is 0 Å². The molecule has 1 aromatic carbocycles. The molecule has 3 N–H and O–H groups in total. The molecule has 1 aromatic rings. The summed E-state index contributed by atoms with van der Waals surface area (Å²) in [5, 5.41) is 0. The van der Waals surface area contributed by atoms with Crippen molar-refractivity contribution in [3.05, 3.63) is 18.2 Å². The molecule has 22 heavy (non-hydrogen) atoms. The van der Waals surface area contributed by atoms with Gasteiger partial charge in [-0.15, -0.1) is 12.4 Å². The third-order valence-corrected chi connectivity index (χ3v) is 5.39. The first kappa shape index (κ1) is 21.0. The smallest absolute Gasteiger partial charge is 0.248 e. The molecular formula is C14H25ClN2O4S. The molecule has 0 aromatic heterocycles. The van der Waals surface area contributed by atoms with Crippen molar-refractivity contribution in [2.24, 2.45) is 5.73 Å². The van der Waals surface area contributed by atoms with Crippen molar-refractivity contribution >= 4 is 22.4 Å². The molecule has 128 valence electrons. The Morgan fingerprint density at radius 2 is 1.59 bits per heavy atom. The van der Waals surface area contributed by atoms with E-state index in [4.69, 9.17) is 15.2 Å². The van der Waals surface area contributed by atoms with Crippen LogP contribution < -0.4 is 19.9 Å². The Bertz CT molecular complexity index is 544. The lowest BCUT2D eigenvalue weighted by Crippen LogP contribution is -2.52. The molecule has 0 amide bonds. The minimum atomic E-state index is -3.82. The number of methoxy groups -OCH3 is 2. The van der Waals surface area contributed by atoms with Crippen LogP contribution in [0.2, 0.25) is 0 Å². The van der Waals surface area contributed by atoms with Crippen molar-refractivity contribution in [2.45, 2.75) is 37.1 Å². The second kappa shape index (κ2) is 8.57. The van der Waals surface area contributed by atoms with E-state index < -0.39 is 15.6 Å². The highest BCUT2D eigenvalue weighted by atomic mass is 35.5. The van der Waals surface area contributed by atoms with Crippen LogP contribution in [0.5, 0.6) is 11.5 Å². The average Bonchev–Trinajstić information content (AvgIpc) is 2.51. The Balaban J connectivity index is 0.00000441. The first-order valence-corrected chi connectivity index (χ1v) is 8.33. The van der Waals surface area contributed by atoms with Gasteiger partial charge < -0.3 is 15.2 Å². The van der Waals surface area contributed by atoms with Crippen LogP contribution in [0, 0.1) is 0 Å². The lowest BCUT2D eigenvalue weighted by molar-refractivity contribution is 0.353. The number of nitrogens with two attached hydrogens (primary N) is 1. The molecule has 0 saturated heterocycles. The van der Waals surface area contributed by atoms with E-state index in [1.54, 1.807) is 18.2 Å². The number of hydrogen-bond acceptors (Lipinski definition) is 5. The third-order valence-electron chi connectivity index (χ3n) is 3.75. The quantitative estimate of drug-likeness (QED) is 0.746. The maximum absolute atomic E-state index is 12.8. The van der Waals surface area contributed by atoms with Gasteiger partial charge in [0.1, 0.15) is 11.5 Å². The minimum Gasteiger partial charge on any atom is -0.495 e. The van der Waals surface area contributed by atoms with E-state index in [1.165, 1.54) is 14.2 Å². The van der Waals surface area contributed by atoms with Gasteiger partial charge in [-0.3, -0.25) is 0 Å². The fraction of sp³-hybridized carbons (Fsp3) is 0.571. The number of hydrogen-bond donors (Lipinski definition) is 2. The summed E-state index contributed by atoms with van der Waals surface area (Å²) in [5.41, 5.74) is 5.09. The van der Waals surface area contributed by atoms with E-state index in [1.807, 2.05) is 13.8 Å². The third kappa shape index (κ3) is 4.25. The predicted molar refractivity (Wildman–Crippen MR) is 89.5 cm³/mol. The zero-order chi connectivity index (χ0) is 16.1. The summed E-state index contributed by atoms with van der Waals surface area (Å²) in [6.07, 6.45) is 1.19. The summed E-state index contributed by atoms with van der Waals surface area (Å²) >= 11 is 0. The van der Waals surface area contributed by atoms with Crippen LogP contribution in [0.15, 0.2) is 23.1 Å². The Morgan fingerprint density at radius 3 is 1.91 bits per heavy atom. The number of ether oxygens (including phenoxy) is 2. The van der Waals surface area contributed by atoms with Crippen LogP contribution in [-0.4, -0.2) is 34.7 Å². The van der Waals surface area contributed by atoms with Crippen LogP contribution in [0.3, 0.4) is 0 Å². The largest absolute Gasteiger partial charge is 0.495 e. The van der Waals surface area contributed by atoms with Gasteiger partial charge >= 0.3 is 0 Å². The molecule has 0 heterocycles. The van der Waals surface area contributed by atoms with Crippen LogP contribution in [0.4, 0.5) is 0 Å². The molecule has 0 bridgehead atoms. The minimum absolute atomic E-state index is 0. The summed E-state index contributed by atoms with van der Waals surface area (Å²) in [7, 11) is -0.979. The molecule has 0 radical (unpaired) electrons. The van der Waals surface area contributed by atoms with Crippen molar-refractivity contribution in [2.75, 3.05) is 20.8 Å². The molecule has 1 rings (SSSR count). The highest BCUT2D eigenvalue weighted by Crippen LogP contribution is 2.34. The Labute approximate surface area is 138 Å². The lowest BCUT2D eigenvalue weighted by Gasteiger charge is -2.31. The van der Waals surface area contributed by atoms with Gasteiger partial charge in [0.25, 0.3) is 0 Å². The van der Waals surface area contributed by atoms with E-state index in [2.05, 4.69) is 4.72 Å². The van der Waals surface area contributed by atoms with Gasteiger partial charge in [0.2, 0.25) is 10.0 Å². The number of rotatable bonds is 8. The summed E-state index contributed by atoms with van der Waals surface area (Å²) in [6.45, 7) is 4.02. The maximum Gasteiger partial charge on any atom is 0.248 e. The molecule has 0 atom stereocenters. The molecule has 0 fully saturated rings. The van der Waals surface area contributed by atoms with Gasteiger partial charge in [0, 0.05) is 12.1 Å². The highest BCUT2D eigenvalue weighted by molar-refractivity contribution is 7.89. The zero-order valence-corrected chi connectivity index (χ0v) is 15.0. The van der Waals surface area contributed by atoms with E-state index in [0.29, 0.717) is 12.8 Å². The van der Waals surface area contributed by atoms with Gasteiger partial charge in [-0.05, 0) is 25.0 Å². The number of sulfonamides is 1. The van der Waals surface area contributed by atoms with Crippen LogP contribution in [0.1, 0.15) is 26.7 Å². The molecule has 0 unspecified atom stereocenters. The standard InChI is InChI=1S/C14H24N2O4S.ClH/c1-5-14(6-2,10-15)16-21(17,18)13-11(19-3)8-7-9-12(13)20-4;/h7-9,16H,5-6,10,15H2,1-4H3;1H. The highest BCUT2D eigenvalue weighted by Gasteiger charge is 2.34. The molecule has 0 aliphatic carbocycles. The van der Waals surface area contributed by atoms with Crippen molar-refractivity contribution in [3.8, 4) is 11.5 Å². The maximum atomic E-state index is 12.8. The normalized spacial score (nSPS) is 11.7. The van der Waals surface area contributed by atoms with Crippen molar-refractivity contribution in [1.29, 1.82) is 0 Å². The first-order chi connectivity index (χ1) is 9.89. The Kier molecular flexibility index (Phi) is 8.17. The lowest BCUT2D eigenvalue weighted by atomic mass is 9.95. The van der Waals surface area contributed by atoms with Gasteiger partial charge in [-0.1, -0.05) is 19.9 Å². The fourth-order valence-corrected chi connectivity index (χ4v) is 4.02. The van der Waals surface area contributed by atoms with E-state index in [9.17, 15) is 8.42 Å². The fourth-order valence-electron chi connectivity index (χ4n) is 2.14. The average molecular weight is 353 g/mol. The Morgan fingerprint density at radius 1 is 1.14 bits per heavy atom. The number of nitrogens with one attached hydrogen (secondary N) is 1. The first-order valence-electron chi connectivity index (χ1n) is 6.84. The predicted octanol–water partition coefficient (Wildman–Crippen LogP) is 1.92. The van der Waals surface area contributed by atoms with Crippen molar-refractivity contribution < 1.29 is 17.9 Å². The second-order valence-electron chi connectivity index (χ2n) is 4.79. The van der Waals surface area contributed by atoms with E-state index >= 15 is 0 Å². The molecule has 0 aliphatic rings. The monoisotopic (exact) mass is 352 g/mol. The topological polar surface area (TPSA) is 90.7 Å². The summed E-state index contributed by atoms with van der Waals surface area (Å²) < 4.78 is 38.5. The van der Waals surface area contributed by atoms with Gasteiger partial charge in [0.05, 0.1) is 14.2 Å². The number of halogens is 1. The molecule has 0 saturated carbocycles. The summed E-state index contributed by atoms with van der Waals surface area (Å²) in [5.74, 6) is 0.472. The van der Waals surface area contributed by atoms with Crippen LogP contribution >= 0.6 is 12.4 Å². The molecule has 6 nitrogen and oxygen atoms in total. The molecule has 8 heteroatoms. The van der Waals surface area contributed by atoms with Gasteiger partial charge in [-0.2, -0.15) is 0 Å². The van der Waals surface area contributed by atoms with E-state index in [0.717, 1.165) is 0 Å². The molecule has 0 aliphatic heterocycles. The summed E-state index contributed by atoms with van der Waals surface area (Å²) in [6, 6.07) is 4.84. The van der Waals surface area contributed by atoms with Crippen LogP contribution in [-0.2, 0) is 10.0 Å². The Hall–Kier alpha value is -1.02. The van der Waals surface area contributed by atoms with Crippen molar-refractivity contribution in [3.63, 3.8) is 0 Å². The zero-order valence-electron chi connectivity index (χ0n) is 13.4. The SMILES string of the molecule is CCC(CC)(CN)NS(=O)(=O)c1c(OC)cccc1OC.Cl. The van der Waals surface area contributed by atoms with Gasteiger partial charge in [-0.25, -0.2) is 13.1 Å². The summed E-state index contributed by atoms with van der Waals surface area (Å²) in [4.78, 5) is -0.00488. The van der Waals surface area contributed by atoms with Gasteiger partial charge in [0.15, 0.2) is 4.90 Å².